The van der Waals surface area contributed by atoms with E-state index in [-0.39, 0.29) is 17.9 Å². The quantitative estimate of drug-likeness (QED) is 0.753. The van der Waals surface area contributed by atoms with Gasteiger partial charge in [0, 0.05) is 12.6 Å². The minimum atomic E-state index is -0.131. The van der Waals surface area contributed by atoms with Crippen LogP contribution in [0.15, 0.2) is 0 Å². The third-order valence-electron chi connectivity index (χ3n) is 4.88. The molecule has 1 saturated heterocycles. The first kappa shape index (κ1) is 11.5. The van der Waals surface area contributed by atoms with E-state index in [4.69, 9.17) is 10.5 Å². The van der Waals surface area contributed by atoms with Crippen LogP contribution in [0.25, 0.3) is 0 Å². The minimum absolute atomic E-state index is 0.0952. The minimum Gasteiger partial charge on any atom is -0.379 e. The van der Waals surface area contributed by atoms with Crippen molar-refractivity contribution in [1.82, 2.24) is 5.32 Å². The van der Waals surface area contributed by atoms with Crippen molar-refractivity contribution in [3.63, 3.8) is 0 Å². The lowest BCUT2D eigenvalue weighted by atomic mass is 9.88. The molecule has 0 aromatic heterocycles. The van der Waals surface area contributed by atoms with E-state index in [1.165, 1.54) is 25.7 Å². The molecule has 0 spiro atoms. The predicted octanol–water partition coefficient (Wildman–Crippen LogP) is 0.512. The second-order valence-electron chi connectivity index (χ2n) is 5.99. The number of rotatable bonds is 3. The molecule has 4 nitrogen and oxygen atoms in total. The summed E-state index contributed by atoms with van der Waals surface area (Å²) in [5.74, 6) is 2.50. The molecule has 17 heavy (non-hydrogen) atoms. The largest absolute Gasteiger partial charge is 0.379 e. The molecule has 2 saturated carbocycles. The highest BCUT2D eigenvalue weighted by Crippen LogP contribution is 2.47. The summed E-state index contributed by atoms with van der Waals surface area (Å²) in [4.78, 5) is 11.9. The predicted molar refractivity (Wildman–Crippen MR) is 64.2 cm³/mol. The third-order valence-corrected chi connectivity index (χ3v) is 4.88. The van der Waals surface area contributed by atoms with Crippen LogP contribution in [0.1, 0.15) is 25.7 Å². The van der Waals surface area contributed by atoms with Crippen molar-refractivity contribution in [3.8, 4) is 0 Å². The average Bonchev–Trinajstić information content (AvgIpc) is 3.01. The first-order chi connectivity index (χ1) is 8.24. The first-order valence-corrected chi connectivity index (χ1v) is 6.85. The number of carbonyl (C=O) groups excluding carboxylic acids is 1. The van der Waals surface area contributed by atoms with Gasteiger partial charge in [0.05, 0.1) is 19.1 Å². The maximum atomic E-state index is 11.9. The molecule has 5 atom stereocenters. The number of hydrogen-bond acceptors (Lipinski definition) is 3. The summed E-state index contributed by atoms with van der Waals surface area (Å²) < 4.78 is 5.23. The fourth-order valence-electron chi connectivity index (χ4n) is 3.83. The average molecular weight is 238 g/mol. The van der Waals surface area contributed by atoms with Gasteiger partial charge in [0.1, 0.15) is 0 Å². The molecule has 3 aliphatic rings. The van der Waals surface area contributed by atoms with Crippen LogP contribution in [0.4, 0.5) is 0 Å². The molecule has 0 aromatic rings. The summed E-state index contributed by atoms with van der Waals surface area (Å²) in [6, 6.07) is -0.116. The lowest BCUT2D eigenvalue weighted by molar-refractivity contribution is -0.125. The van der Waals surface area contributed by atoms with E-state index >= 15 is 0 Å². The van der Waals surface area contributed by atoms with Gasteiger partial charge in [-0.3, -0.25) is 4.79 Å². The number of amides is 1. The van der Waals surface area contributed by atoms with Crippen LogP contribution >= 0.6 is 0 Å². The third kappa shape index (κ3) is 2.20. The highest BCUT2D eigenvalue weighted by Gasteiger charge is 2.40. The van der Waals surface area contributed by atoms with Gasteiger partial charge < -0.3 is 15.8 Å². The van der Waals surface area contributed by atoms with Crippen LogP contribution in [0.2, 0.25) is 0 Å². The van der Waals surface area contributed by atoms with Gasteiger partial charge in [0.25, 0.3) is 0 Å². The van der Waals surface area contributed by atoms with E-state index in [0.29, 0.717) is 13.2 Å². The number of nitrogens with two attached hydrogens (primary N) is 1. The van der Waals surface area contributed by atoms with E-state index in [9.17, 15) is 4.79 Å². The first-order valence-electron chi connectivity index (χ1n) is 6.85. The Kier molecular flexibility index (Phi) is 3.09. The van der Waals surface area contributed by atoms with Crippen molar-refractivity contribution in [3.05, 3.63) is 0 Å². The Balaban J connectivity index is 1.46. The van der Waals surface area contributed by atoms with E-state index < -0.39 is 0 Å². The summed E-state index contributed by atoms with van der Waals surface area (Å²) in [6.45, 7) is 1.86. The maximum Gasteiger partial charge on any atom is 0.227 e. The highest BCUT2D eigenvalue weighted by molar-refractivity contribution is 5.79. The fourth-order valence-corrected chi connectivity index (χ4v) is 3.83. The van der Waals surface area contributed by atoms with Crippen molar-refractivity contribution < 1.29 is 9.53 Å². The number of carbonyl (C=O) groups is 1. The summed E-state index contributed by atoms with van der Waals surface area (Å²) in [6.07, 6.45) is 5.50. The molecule has 4 heteroatoms. The lowest BCUT2D eigenvalue weighted by Gasteiger charge is -2.23. The van der Waals surface area contributed by atoms with Crippen molar-refractivity contribution in [1.29, 1.82) is 0 Å². The molecule has 5 unspecified atom stereocenters. The molecule has 0 aromatic carbocycles. The van der Waals surface area contributed by atoms with Crippen molar-refractivity contribution in [2.24, 2.45) is 29.4 Å². The molecular weight excluding hydrogens is 216 g/mol. The summed E-state index contributed by atoms with van der Waals surface area (Å²) >= 11 is 0. The van der Waals surface area contributed by atoms with Crippen molar-refractivity contribution in [2.75, 3.05) is 19.8 Å². The Labute approximate surface area is 102 Å². The second-order valence-corrected chi connectivity index (χ2v) is 5.99. The zero-order valence-electron chi connectivity index (χ0n) is 10.2. The topological polar surface area (TPSA) is 64.3 Å². The molecule has 3 fully saturated rings. The monoisotopic (exact) mass is 238 g/mol. The summed E-state index contributed by atoms with van der Waals surface area (Å²) in [5.41, 5.74) is 5.84. The molecule has 1 heterocycles. The molecule has 1 aliphatic heterocycles. The van der Waals surface area contributed by atoms with Gasteiger partial charge >= 0.3 is 0 Å². The number of hydrogen-bond donors (Lipinski definition) is 2. The van der Waals surface area contributed by atoms with Gasteiger partial charge in [-0.05, 0) is 37.0 Å². The molecule has 2 bridgehead atoms. The molecular formula is C13H22N2O2. The van der Waals surface area contributed by atoms with Crippen LogP contribution < -0.4 is 11.1 Å². The Bertz CT molecular complexity index is 308. The Morgan fingerprint density at radius 1 is 1.29 bits per heavy atom. The standard InChI is InChI=1S/C13H22N2O2/c14-12-7-17-6-11(12)13(16)15-5-10-4-8-1-2-9(10)3-8/h8-12H,1-7,14H2,(H,15,16). The van der Waals surface area contributed by atoms with Gasteiger partial charge in [-0.15, -0.1) is 0 Å². The molecule has 3 N–H and O–H groups in total. The SMILES string of the molecule is NC1COCC1C(=O)NCC1CC2CCC1C2. The van der Waals surface area contributed by atoms with Gasteiger partial charge in [-0.1, -0.05) is 6.42 Å². The number of ether oxygens (including phenoxy) is 1. The van der Waals surface area contributed by atoms with Crippen LogP contribution in [-0.4, -0.2) is 31.7 Å². The zero-order chi connectivity index (χ0) is 11.8. The molecule has 2 aliphatic carbocycles. The summed E-state index contributed by atoms with van der Waals surface area (Å²) in [5, 5.41) is 3.08. The van der Waals surface area contributed by atoms with Crippen molar-refractivity contribution in [2.45, 2.75) is 31.7 Å². The van der Waals surface area contributed by atoms with Gasteiger partial charge in [-0.2, -0.15) is 0 Å². The highest BCUT2D eigenvalue weighted by atomic mass is 16.5. The maximum absolute atomic E-state index is 11.9. The van der Waals surface area contributed by atoms with Gasteiger partial charge in [-0.25, -0.2) is 0 Å². The van der Waals surface area contributed by atoms with Crippen LogP contribution in [0, 0.1) is 23.7 Å². The Morgan fingerprint density at radius 2 is 2.18 bits per heavy atom. The Morgan fingerprint density at radius 3 is 2.76 bits per heavy atom. The number of nitrogens with one attached hydrogen (secondary N) is 1. The fraction of sp³-hybridized carbons (Fsp3) is 0.923. The molecule has 3 rings (SSSR count). The van der Waals surface area contributed by atoms with Gasteiger partial charge in [0.15, 0.2) is 0 Å². The van der Waals surface area contributed by atoms with E-state index in [2.05, 4.69) is 5.32 Å². The smallest absolute Gasteiger partial charge is 0.227 e. The number of fused-ring (bicyclic) bond motifs is 2. The van der Waals surface area contributed by atoms with E-state index in [0.717, 1.165) is 24.3 Å². The van der Waals surface area contributed by atoms with Crippen LogP contribution in [0.5, 0.6) is 0 Å². The zero-order valence-corrected chi connectivity index (χ0v) is 10.2. The molecule has 96 valence electrons. The van der Waals surface area contributed by atoms with Crippen LogP contribution in [0.3, 0.4) is 0 Å². The normalized spacial score (nSPS) is 44.2. The van der Waals surface area contributed by atoms with Gasteiger partial charge in [0.2, 0.25) is 5.91 Å². The molecule has 0 radical (unpaired) electrons. The molecule has 1 amide bonds. The van der Waals surface area contributed by atoms with E-state index in [1.807, 2.05) is 0 Å². The van der Waals surface area contributed by atoms with Crippen molar-refractivity contribution >= 4 is 5.91 Å². The van der Waals surface area contributed by atoms with Crippen LogP contribution in [-0.2, 0) is 9.53 Å². The Hall–Kier alpha value is -0.610. The lowest BCUT2D eigenvalue weighted by Crippen LogP contribution is -2.43. The summed E-state index contributed by atoms with van der Waals surface area (Å²) in [7, 11) is 0. The van der Waals surface area contributed by atoms with E-state index in [1.54, 1.807) is 0 Å². The second kappa shape index (κ2) is 4.58.